The van der Waals surface area contributed by atoms with Gasteiger partial charge in [0.05, 0.1) is 15.1 Å². The monoisotopic (exact) mass is 525 g/mol. The molecule has 33 heavy (non-hydrogen) atoms. The molecule has 1 fully saturated rings. The van der Waals surface area contributed by atoms with E-state index in [1.807, 2.05) is 24.5 Å². The second-order valence-electron chi connectivity index (χ2n) is 7.74. The highest BCUT2D eigenvalue weighted by Crippen LogP contribution is 2.31. The van der Waals surface area contributed by atoms with Crippen molar-refractivity contribution < 1.29 is 21.6 Å². The van der Waals surface area contributed by atoms with E-state index in [2.05, 4.69) is 10.3 Å². The van der Waals surface area contributed by atoms with Crippen molar-refractivity contribution in [2.45, 2.75) is 27.5 Å². The quantitative estimate of drug-likeness (QED) is 0.490. The second-order valence-corrected chi connectivity index (χ2v) is 13.5. The molecule has 2 aromatic carbocycles. The smallest absolute Gasteiger partial charge is 0.244 e. The van der Waals surface area contributed by atoms with E-state index >= 15 is 0 Å². The van der Waals surface area contributed by atoms with Gasteiger partial charge in [0.15, 0.2) is 15.0 Å². The molecular formula is C21H23N3O5S4. The van der Waals surface area contributed by atoms with Gasteiger partial charge >= 0.3 is 0 Å². The van der Waals surface area contributed by atoms with E-state index in [-0.39, 0.29) is 34.7 Å². The Morgan fingerprint density at radius 2 is 1.76 bits per heavy atom. The van der Waals surface area contributed by atoms with Gasteiger partial charge in [-0.15, -0.1) is 11.8 Å². The Bertz CT molecular complexity index is 1410. The lowest BCUT2D eigenvalue weighted by Crippen LogP contribution is -2.41. The van der Waals surface area contributed by atoms with Crippen LogP contribution in [0.4, 0.5) is 5.13 Å². The first-order valence-electron chi connectivity index (χ1n) is 10.1. The lowest BCUT2D eigenvalue weighted by atomic mass is 9.97. The summed E-state index contributed by atoms with van der Waals surface area (Å²) in [6.07, 6.45) is 3.67. The van der Waals surface area contributed by atoms with Crippen LogP contribution in [0.15, 0.2) is 57.2 Å². The lowest BCUT2D eigenvalue weighted by Gasteiger charge is -2.30. The molecule has 0 aliphatic carbocycles. The summed E-state index contributed by atoms with van der Waals surface area (Å²) in [5, 5.41) is 3.39. The molecule has 0 spiro atoms. The molecule has 2 heterocycles. The van der Waals surface area contributed by atoms with Gasteiger partial charge in [-0.2, -0.15) is 4.31 Å². The maximum absolute atomic E-state index is 13.1. The molecule has 1 aromatic heterocycles. The van der Waals surface area contributed by atoms with Crippen LogP contribution in [-0.2, 0) is 24.7 Å². The van der Waals surface area contributed by atoms with Crippen molar-refractivity contribution in [1.29, 1.82) is 0 Å². The topological polar surface area (TPSA) is 114 Å². The largest absolute Gasteiger partial charge is 0.302 e. The third-order valence-electron chi connectivity index (χ3n) is 5.52. The average molecular weight is 526 g/mol. The summed E-state index contributed by atoms with van der Waals surface area (Å²) < 4.78 is 52.6. The summed E-state index contributed by atoms with van der Waals surface area (Å²) in [5.41, 5.74) is 0.818. The number of rotatable bonds is 6. The van der Waals surface area contributed by atoms with Crippen molar-refractivity contribution in [1.82, 2.24) is 9.29 Å². The average Bonchev–Trinajstić information content (AvgIpc) is 3.19. The number of amides is 1. The third-order valence-corrected chi connectivity index (χ3v) is 10.4. The van der Waals surface area contributed by atoms with Crippen LogP contribution < -0.4 is 5.32 Å². The molecule has 0 saturated carbocycles. The maximum atomic E-state index is 13.1. The van der Waals surface area contributed by atoms with Crippen molar-refractivity contribution in [3.63, 3.8) is 0 Å². The standard InChI is InChI=1S/C21H23N3O5S4/c1-30-15-7-8-16-17(13-15)31-21(22-16)23-20(25)14-9-11-24(12-10-14)33(28,29)19-6-4-3-5-18(19)32(2,26)27/h3-8,13-14H,9-12H2,1-2H3,(H,22,23,25). The van der Waals surface area contributed by atoms with Gasteiger partial charge in [-0.05, 0) is 49.4 Å². The molecule has 1 N–H and O–H groups in total. The number of piperidine rings is 1. The number of benzene rings is 2. The molecule has 1 aliphatic heterocycles. The molecule has 0 atom stereocenters. The summed E-state index contributed by atoms with van der Waals surface area (Å²) >= 11 is 3.04. The van der Waals surface area contributed by atoms with Crippen LogP contribution in [0.25, 0.3) is 10.2 Å². The lowest BCUT2D eigenvalue weighted by molar-refractivity contribution is -0.120. The summed E-state index contributed by atoms with van der Waals surface area (Å²) in [7, 11) is -7.70. The van der Waals surface area contributed by atoms with Crippen molar-refractivity contribution >= 4 is 64.2 Å². The molecule has 0 unspecified atom stereocenters. The number of carbonyl (C=O) groups is 1. The zero-order chi connectivity index (χ0) is 23.8. The fourth-order valence-electron chi connectivity index (χ4n) is 3.76. The van der Waals surface area contributed by atoms with Crippen molar-refractivity contribution in [2.75, 3.05) is 30.9 Å². The summed E-state index contributed by atoms with van der Waals surface area (Å²) in [5.74, 6) is -0.539. The van der Waals surface area contributed by atoms with Gasteiger partial charge < -0.3 is 5.32 Å². The van der Waals surface area contributed by atoms with E-state index in [0.717, 1.165) is 21.4 Å². The Morgan fingerprint density at radius 3 is 2.39 bits per heavy atom. The first-order valence-corrected chi connectivity index (χ1v) is 15.5. The van der Waals surface area contributed by atoms with Crippen LogP contribution >= 0.6 is 23.1 Å². The van der Waals surface area contributed by atoms with E-state index in [1.54, 1.807) is 11.8 Å². The molecule has 0 radical (unpaired) electrons. The summed E-state index contributed by atoms with van der Waals surface area (Å²) in [6.45, 7) is 0.269. The molecule has 1 aliphatic rings. The zero-order valence-corrected chi connectivity index (χ0v) is 21.3. The Morgan fingerprint density at radius 1 is 1.09 bits per heavy atom. The molecule has 8 nitrogen and oxygen atoms in total. The number of sulfonamides is 1. The minimum Gasteiger partial charge on any atom is -0.302 e. The summed E-state index contributed by atoms with van der Waals surface area (Å²) in [4.78, 5) is 17.9. The van der Waals surface area contributed by atoms with Gasteiger partial charge in [-0.3, -0.25) is 4.79 Å². The van der Waals surface area contributed by atoms with Gasteiger partial charge in [-0.1, -0.05) is 23.5 Å². The number of aromatic nitrogens is 1. The van der Waals surface area contributed by atoms with Gasteiger partial charge in [0, 0.05) is 30.2 Å². The first kappa shape index (κ1) is 24.1. The molecule has 3 aromatic rings. The second kappa shape index (κ2) is 9.34. The Balaban J connectivity index is 1.44. The minimum atomic E-state index is -4.00. The fraction of sp³-hybridized carbons (Fsp3) is 0.333. The number of hydrogen-bond donors (Lipinski definition) is 1. The van der Waals surface area contributed by atoms with Gasteiger partial charge in [0.2, 0.25) is 15.9 Å². The number of thiazole rings is 1. The molecule has 4 rings (SSSR count). The number of sulfone groups is 1. The van der Waals surface area contributed by atoms with Crippen molar-refractivity contribution in [3.05, 3.63) is 42.5 Å². The molecule has 1 amide bonds. The Kier molecular flexibility index (Phi) is 6.83. The predicted molar refractivity (Wildman–Crippen MR) is 131 cm³/mol. The van der Waals surface area contributed by atoms with Gasteiger partial charge in [0.25, 0.3) is 0 Å². The minimum absolute atomic E-state index is 0.134. The number of hydrogen-bond acceptors (Lipinski definition) is 8. The van der Waals surface area contributed by atoms with Crippen molar-refractivity contribution in [2.24, 2.45) is 5.92 Å². The number of nitrogens with zero attached hydrogens (tertiary/aromatic N) is 2. The highest BCUT2D eigenvalue weighted by molar-refractivity contribution is 7.98. The highest BCUT2D eigenvalue weighted by Gasteiger charge is 2.34. The molecule has 0 bridgehead atoms. The molecule has 176 valence electrons. The van der Waals surface area contributed by atoms with E-state index in [1.165, 1.54) is 39.9 Å². The van der Waals surface area contributed by atoms with Crippen LogP contribution in [0.2, 0.25) is 0 Å². The van der Waals surface area contributed by atoms with Crippen LogP contribution in [0.1, 0.15) is 12.8 Å². The van der Waals surface area contributed by atoms with Crippen LogP contribution in [0.5, 0.6) is 0 Å². The van der Waals surface area contributed by atoms with Crippen LogP contribution in [0, 0.1) is 5.92 Å². The number of nitrogens with one attached hydrogen (secondary N) is 1. The van der Waals surface area contributed by atoms with Crippen LogP contribution in [0.3, 0.4) is 0 Å². The number of anilines is 1. The highest BCUT2D eigenvalue weighted by atomic mass is 32.2. The summed E-state index contributed by atoms with van der Waals surface area (Å²) in [6, 6.07) is 11.5. The normalized spacial score (nSPS) is 16.2. The first-order chi connectivity index (χ1) is 15.6. The number of fused-ring (bicyclic) bond motifs is 1. The van der Waals surface area contributed by atoms with Crippen molar-refractivity contribution in [3.8, 4) is 0 Å². The van der Waals surface area contributed by atoms with E-state index in [4.69, 9.17) is 0 Å². The van der Waals surface area contributed by atoms with Crippen LogP contribution in [-0.4, -0.2) is 57.6 Å². The van der Waals surface area contributed by atoms with E-state index in [0.29, 0.717) is 18.0 Å². The predicted octanol–water partition coefficient (Wildman–Crippen LogP) is 3.46. The zero-order valence-electron chi connectivity index (χ0n) is 18.0. The van der Waals surface area contributed by atoms with E-state index in [9.17, 15) is 21.6 Å². The molecule has 12 heteroatoms. The SMILES string of the molecule is CSc1ccc2nc(NC(=O)C3CCN(S(=O)(=O)c4ccccc4S(C)(=O)=O)CC3)sc2c1. The Hall–Kier alpha value is -1.99. The number of carbonyl (C=O) groups excluding carboxylic acids is 1. The maximum Gasteiger partial charge on any atom is 0.244 e. The van der Waals surface area contributed by atoms with Gasteiger partial charge in [0.1, 0.15) is 4.90 Å². The van der Waals surface area contributed by atoms with E-state index < -0.39 is 19.9 Å². The molecular weight excluding hydrogens is 503 g/mol. The fourth-order valence-corrected chi connectivity index (χ4v) is 8.25. The van der Waals surface area contributed by atoms with Gasteiger partial charge in [-0.25, -0.2) is 21.8 Å². The number of thioether (sulfide) groups is 1. The third kappa shape index (κ3) is 5.09. The molecule has 1 saturated heterocycles. The Labute approximate surface area is 201 Å².